The van der Waals surface area contributed by atoms with Crippen molar-refractivity contribution in [3.63, 3.8) is 0 Å². The zero-order valence-electron chi connectivity index (χ0n) is 10.2. The lowest BCUT2D eigenvalue weighted by Gasteiger charge is -2.42. The fourth-order valence-electron chi connectivity index (χ4n) is 2.52. The first-order valence-corrected chi connectivity index (χ1v) is 6.06. The molecule has 1 saturated heterocycles. The molecule has 17 heavy (non-hydrogen) atoms. The van der Waals surface area contributed by atoms with Crippen LogP contribution in [-0.2, 0) is 0 Å². The highest BCUT2D eigenvalue weighted by atomic mass is 19.1. The predicted octanol–water partition coefficient (Wildman–Crippen LogP) is 1.66. The van der Waals surface area contributed by atoms with Crippen molar-refractivity contribution in [3.05, 3.63) is 30.1 Å². The Bertz CT molecular complexity index is 365. The van der Waals surface area contributed by atoms with Crippen LogP contribution in [0.15, 0.2) is 24.3 Å². The zero-order chi connectivity index (χ0) is 12.3. The van der Waals surface area contributed by atoms with Gasteiger partial charge in [0.05, 0.1) is 5.54 Å². The molecule has 4 heteroatoms. The quantitative estimate of drug-likeness (QED) is 0.840. The number of nitrogens with two attached hydrogens (primary N) is 1. The number of rotatable bonds is 3. The van der Waals surface area contributed by atoms with E-state index in [0.29, 0.717) is 6.54 Å². The maximum atomic E-state index is 12.8. The van der Waals surface area contributed by atoms with Gasteiger partial charge in [-0.05, 0) is 50.7 Å². The van der Waals surface area contributed by atoms with Crippen LogP contribution in [0, 0.1) is 5.82 Å². The van der Waals surface area contributed by atoms with E-state index < -0.39 is 0 Å². The van der Waals surface area contributed by atoms with E-state index in [0.717, 1.165) is 31.6 Å². The standard InChI is InChI=1S/C13H20FN3/c1-17-8-2-7-13(9-15,10-17)16-12-5-3-11(14)4-6-12/h3-6,16H,2,7-10,15H2,1H3. The van der Waals surface area contributed by atoms with E-state index in [-0.39, 0.29) is 11.4 Å². The number of piperidine rings is 1. The van der Waals surface area contributed by atoms with Gasteiger partial charge in [0.1, 0.15) is 5.82 Å². The maximum absolute atomic E-state index is 12.8. The van der Waals surface area contributed by atoms with Crippen LogP contribution in [0.25, 0.3) is 0 Å². The average molecular weight is 237 g/mol. The second-order valence-electron chi connectivity index (χ2n) is 4.96. The Kier molecular flexibility index (Phi) is 3.64. The summed E-state index contributed by atoms with van der Waals surface area (Å²) in [6.07, 6.45) is 2.20. The molecule has 1 heterocycles. The van der Waals surface area contributed by atoms with E-state index in [2.05, 4.69) is 17.3 Å². The molecule has 1 aromatic rings. The molecular weight excluding hydrogens is 217 g/mol. The van der Waals surface area contributed by atoms with Gasteiger partial charge in [-0.1, -0.05) is 0 Å². The molecule has 1 aliphatic heterocycles. The molecule has 1 aromatic carbocycles. The fraction of sp³-hybridized carbons (Fsp3) is 0.538. The number of hydrogen-bond donors (Lipinski definition) is 2. The lowest BCUT2D eigenvalue weighted by Crippen LogP contribution is -2.56. The van der Waals surface area contributed by atoms with Crippen molar-refractivity contribution in [1.29, 1.82) is 0 Å². The van der Waals surface area contributed by atoms with E-state index >= 15 is 0 Å². The molecule has 0 bridgehead atoms. The molecule has 0 spiro atoms. The Morgan fingerprint density at radius 2 is 2.12 bits per heavy atom. The summed E-state index contributed by atoms with van der Waals surface area (Å²) in [4.78, 5) is 2.28. The summed E-state index contributed by atoms with van der Waals surface area (Å²) in [6.45, 7) is 2.64. The Hall–Kier alpha value is -1.13. The van der Waals surface area contributed by atoms with Gasteiger partial charge in [0.2, 0.25) is 0 Å². The Morgan fingerprint density at radius 3 is 2.71 bits per heavy atom. The van der Waals surface area contributed by atoms with Crippen molar-refractivity contribution in [2.24, 2.45) is 5.73 Å². The van der Waals surface area contributed by atoms with Crippen molar-refractivity contribution in [1.82, 2.24) is 4.90 Å². The van der Waals surface area contributed by atoms with Gasteiger partial charge in [-0.2, -0.15) is 0 Å². The lowest BCUT2D eigenvalue weighted by molar-refractivity contribution is 0.198. The molecule has 0 radical (unpaired) electrons. The molecule has 1 aliphatic rings. The zero-order valence-corrected chi connectivity index (χ0v) is 10.2. The minimum absolute atomic E-state index is 0.0785. The Morgan fingerprint density at radius 1 is 1.41 bits per heavy atom. The highest BCUT2D eigenvalue weighted by Crippen LogP contribution is 2.24. The molecular formula is C13H20FN3. The third kappa shape index (κ3) is 2.96. The van der Waals surface area contributed by atoms with Crippen molar-refractivity contribution in [3.8, 4) is 0 Å². The summed E-state index contributed by atoms with van der Waals surface area (Å²) >= 11 is 0. The first-order chi connectivity index (χ1) is 8.13. The topological polar surface area (TPSA) is 41.3 Å². The molecule has 1 atom stereocenters. The molecule has 0 amide bonds. The molecule has 1 unspecified atom stereocenters. The van der Waals surface area contributed by atoms with Crippen LogP contribution < -0.4 is 11.1 Å². The van der Waals surface area contributed by atoms with Crippen LogP contribution in [0.3, 0.4) is 0 Å². The van der Waals surface area contributed by atoms with Crippen LogP contribution in [0.4, 0.5) is 10.1 Å². The summed E-state index contributed by atoms with van der Waals surface area (Å²) in [7, 11) is 2.11. The van der Waals surface area contributed by atoms with E-state index in [1.807, 2.05) is 0 Å². The van der Waals surface area contributed by atoms with E-state index in [1.54, 1.807) is 12.1 Å². The molecule has 3 nitrogen and oxygen atoms in total. The number of anilines is 1. The summed E-state index contributed by atoms with van der Waals surface area (Å²) in [5.74, 6) is -0.210. The van der Waals surface area contributed by atoms with Gasteiger partial charge >= 0.3 is 0 Å². The lowest BCUT2D eigenvalue weighted by atomic mass is 9.89. The summed E-state index contributed by atoms with van der Waals surface area (Å²) in [5.41, 5.74) is 6.77. The van der Waals surface area contributed by atoms with Crippen molar-refractivity contribution in [2.75, 3.05) is 32.0 Å². The second kappa shape index (κ2) is 5.02. The minimum atomic E-state index is -0.210. The SMILES string of the molecule is CN1CCCC(CN)(Nc2ccc(F)cc2)C1. The smallest absolute Gasteiger partial charge is 0.123 e. The van der Waals surface area contributed by atoms with Gasteiger partial charge in [-0.25, -0.2) is 4.39 Å². The molecule has 94 valence electrons. The number of likely N-dealkylation sites (N-methyl/N-ethyl adjacent to an activating group) is 1. The van der Waals surface area contributed by atoms with Crippen LogP contribution >= 0.6 is 0 Å². The first-order valence-electron chi connectivity index (χ1n) is 6.06. The van der Waals surface area contributed by atoms with Crippen molar-refractivity contribution in [2.45, 2.75) is 18.4 Å². The third-order valence-electron chi connectivity index (χ3n) is 3.41. The fourth-order valence-corrected chi connectivity index (χ4v) is 2.52. The van der Waals surface area contributed by atoms with Gasteiger partial charge in [0, 0.05) is 18.8 Å². The van der Waals surface area contributed by atoms with E-state index in [4.69, 9.17) is 5.73 Å². The summed E-state index contributed by atoms with van der Waals surface area (Å²) < 4.78 is 12.8. The maximum Gasteiger partial charge on any atom is 0.123 e. The molecule has 1 fully saturated rings. The predicted molar refractivity (Wildman–Crippen MR) is 68.5 cm³/mol. The number of halogens is 1. The Balaban J connectivity index is 2.10. The molecule has 2 rings (SSSR count). The summed E-state index contributed by atoms with van der Waals surface area (Å²) in [6, 6.07) is 6.47. The molecule has 0 aliphatic carbocycles. The number of nitrogens with zero attached hydrogens (tertiary/aromatic N) is 1. The number of benzene rings is 1. The molecule has 0 saturated carbocycles. The number of hydrogen-bond acceptors (Lipinski definition) is 3. The van der Waals surface area contributed by atoms with Gasteiger partial charge in [0.15, 0.2) is 0 Å². The van der Waals surface area contributed by atoms with Crippen molar-refractivity contribution < 1.29 is 4.39 Å². The first kappa shape index (κ1) is 12.3. The van der Waals surface area contributed by atoms with Gasteiger partial charge in [0.25, 0.3) is 0 Å². The third-order valence-corrected chi connectivity index (χ3v) is 3.41. The highest BCUT2D eigenvalue weighted by molar-refractivity contribution is 5.46. The van der Waals surface area contributed by atoms with Gasteiger partial charge in [-0.15, -0.1) is 0 Å². The largest absolute Gasteiger partial charge is 0.377 e. The monoisotopic (exact) mass is 237 g/mol. The number of nitrogens with one attached hydrogen (secondary N) is 1. The van der Waals surface area contributed by atoms with Gasteiger partial charge in [-0.3, -0.25) is 0 Å². The highest BCUT2D eigenvalue weighted by Gasteiger charge is 2.32. The van der Waals surface area contributed by atoms with Crippen LogP contribution in [0.2, 0.25) is 0 Å². The number of likely N-dealkylation sites (tertiary alicyclic amines) is 1. The average Bonchev–Trinajstić information content (AvgIpc) is 2.32. The van der Waals surface area contributed by atoms with E-state index in [9.17, 15) is 4.39 Å². The van der Waals surface area contributed by atoms with Crippen LogP contribution in [0.1, 0.15) is 12.8 Å². The van der Waals surface area contributed by atoms with Crippen LogP contribution in [0.5, 0.6) is 0 Å². The minimum Gasteiger partial charge on any atom is -0.377 e. The Labute approximate surface area is 102 Å². The van der Waals surface area contributed by atoms with Crippen LogP contribution in [-0.4, -0.2) is 37.1 Å². The summed E-state index contributed by atoms with van der Waals surface area (Å²) in [5, 5.41) is 3.47. The van der Waals surface area contributed by atoms with Crippen molar-refractivity contribution >= 4 is 5.69 Å². The molecule has 3 N–H and O–H groups in total. The second-order valence-corrected chi connectivity index (χ2v) is 4.96. The van der Waals surface area contributed by atoms with Gasteiger partial charge < -0.3 is 16.0 Å². The van der Waals surface area contributed by atoms with E-state index in [1.165, 1.54) is 12.1 Å². The molecule has 0 aromatic heterocycles. The normalized spacial score (nSPS) is 25.8.